The molecule has 1 aliphatic rings. The Morgan fingerprint density at radius 3 is 2.48 bits per heavy atom. The molecule has 1 fully saturated rings. The van der Waals surface area contributed by atoms with Gasteiger partial charge in [0.2, 0.25) is 5.91 Å². The lowest BCUT2D eigenvalue weighted by atomic mass is 10.2. The Labute approximate surface area is 144 Å². The molecule has 0 spiro atoms. The first-order valence-corrected chi connectivity index (χ1v) is 7.91. The zero-order valence-corrected chi connectivity index (χ0v) is 13.6. The van der Waals surface area contributed by atoms with E-state index in [0.29, 0.717) is 22.3 Å². The van der Waals surface area contributed by atoms with Crippen molar-refractivity contribution in [3.05, 3.63) is 64.1 Å². The van der Waals surface area contributed by atoms with Gasteiger partial charge in [0, 0.05) is 6.54 Å². The van der Waals surface area contributed by atoms with Crippen LogP contribution in [0.5, 0.6) is 0 Å². The molecule has 4 nitrogen and oxygen atoms in total. The summed E-state index contributed by atoms with van der Waals surface area (Å²) in [5.41, 5.74) is 1.50. The molecule has 0 bridgehead atoms. The quantitative estimate of drug-likeness (QED) is 0.861. The maximum atomic E-state index is 12.5. The molecular weight excluding hydrogens is 335 g/mol. The Morgan fingerprint density at radius 2 is 1.78 bits per heavy atom. The summed E-state index contributed by atoms with van der Waals surface area (Å²) in [5, 5.41) is 4.06. The van der Waals surface area contributed by atoms with Crippen LogP contribution < -0.4 is 10.2 Å². The molecule has 2 aromatic carbocycles. The topological polar surface area (TPSA) is 49.4 Å². The molecule has 1 saturated heterocycles. The van der Waals surface area contributed by atoms with Gasteiger partial charge < -0.3 is 5.32 Å². The standard InChI is InChI=1S/C17H14Cl2N2O2/c18-13-7-6-11(8-14(13)19)10-20-15-9-16(22)21(17(15)23)12-4-2-1-3-5-12/h1-8,15,20H,9-10H2. The number of nitrogens with one attached hydrogen (secondary N) is 1. The molecule has 0 saturated carbocycles. The van der Waals surface area contributed by atoms with Crippen molar-refractivity contribution in [1.29, 1.82) is 0 Å². The number of imide groups is 1. The Hall–Kier alpha value is -1.88. The van der Waals surface area contributed by atoms with Crippen LogP contribution in [0.25, 0.3) is 0 Å². The number of carbonyl (C=O) groups is 2. The Morgan fingerprint density at radius 1 is 1.04 bits per heavy atom. The second-order valence-electron chi connectivity index (χ2n) is 5.29. The van der Waals surface area contributed by atoms with E-state index < -0.39 is 6.04 Å². The minimum Gasteiger partial charge on any atom is -0.301 e. The maximum absolute atomic E-state index is 12.5. The van der Waals surface area contributed by atoms with Crippen LogP contribution in [0.3, 0.4) is 0 Å². The lowest BCUT2D eigenvalue weighted by molar-refractivity contribution is -0.121. The molecule has 2 amide bonds. The molecule has 6 heteroatoms. The fraction of sp³-hybridized carbons (Fsp3) is 0.176. The Bertz CT molecular complexity index is 750. The van der Waals surface area contributed by atoms with E-state index in [1.165, 1.54) is 4.90 Å². The number of anilines is 1. The fourth-order valence-corrected chi connectivity index (χ4v) is 2.85. The summed E-state index contributed by atoms with van der Waals surface area (Å²) in [6.07, 6.45) is 0.148. The van der Waals surface area contributed by atoms with Crippen molar-refractivity contribution >= 4 is 40.7 Å². The van der Waals surface area contributed by atoms with Crippen LogP contribution in [0.1, 0.15) is 12.0 Å². The van der Waals surface area contributed by atoms with Gasteiger partial charge in [-0.25, -0.2) is 4.90 Å². The first-order chi connectivity index (χ1) is 11.1. The zero-order chi connectivity index (χ0) is 16.4. The van der Waals surface area contributed by atoms with Crippen LogP contribution in [-0.2, 0) is 16.1 Å². The maximum Gasteiger partial charge on any atom is 0.251 e. The van der Waals surface area contributed by atoms with Crippen molar-refractivity contribution in [3.63, 3.8) is 0 Å². The highest BCUT2D eigenvalue weighted by Gasteiger charge is 2.39. The lowest BCUT2D eigenvalue weighted by Gasteiger charge is -2.15. The average molecular weight is 349 g/mol. The zero-order valence-electron chi connectivity index (χ0n) is 12.1. The number of hydrogen-bond acceptors (Lipinski definition) is 3. The molecule has 1 unspecified atom stereocenters. The van der Waals surface area contributed by atoms with E-state index >= 15 is 0 Å². The number of nitrogens with zero attached hydrogens (tertiary/aromatic N) is 1. The molecule has 1 heterocycles. The first-order valence-electron chi connectivity index (χ1n) is 7.15. The molecule has 0 radical (unpaired) electrons. The van der Waals surface area contributed by atoms with Crippen LogP contribution in [0, 0.1) is 0 Å². The summed E-state index contributed by atoms with van der Waals surface area (Å²) in [7, 11) is 0. The van der Waals surface area contributed by atoms with Crippen LogP contribution in [0.4, 0.5) is 5.69 Å². The summed E-state index contributed by atoms with van der Waals surface area (Å²) in [6, 6.07) is 13.7. The summed E-state index contributed by atoms with van der Waals surface area (Å²) < 4.78 is 0. The Kier molecular flexibility index (Phi) is 4.66. The van der Waals surface area contributed by atoms with Gasteiger partial charge in [0.05, 0.1) is 28.2 Å². The van der Waals surface area contributed by atoms with Crippen molar-refractivity contribution in [3.8, 4) is 0 Å². The van der Waals surface area contributed by atoms with Gasteiger partial charge in [-0.2, -0.15) is 0 Å². The SMILES string of the molecule is O=C1CC(NCc2ccc(Cl)c(Cl)c2)C(=O)N1c1ccccc1. The van der Waals surface area contributed by atoms with E-state index in [0.717, 1.165) is 5.56 Å². The number of amides is 2. The molecule has 3 rings (SSSR count). The predicted molar refractivity (Wildman–Crippen MR) is 90.6 cm³/mol. The van der Waals surface area contributed by atoms with Gasteiger partial charge in [-0.15, -0.1) is 0 Å². The molecule has 0 aliphatic carbocycles. The van der Waals surface area contributed by atoms with Crippen molar-refractivity contribution in [2.24, 2.45) is 0 Å². The minimum absolute atomic E-state index is 0.148. The highest BCUT2D eigenvalue weighted by molar-refractivity contribution is 6.42. The van der Waals surface area contributed by atoms with E-state index in [-0.39, 0.29) is 18.2 Å². The molecule has 23 heavy (non-hydrogen) atoms. The average Bonchev–Trinajstić information content (AvgIpc) is 2.83. The minimum atomic E-state index is -0.530. The number of benzene rings is 2. The number of rotatable bonds is 4. The second-order valence-corrected chi connectivity index (χ2v) is 6.10. The number of para-hydroxylation sites is 1. The molecular formula is C17H14Cl2N2O2. The van der Waals surface area contributed by atoms with Crippen molar-refractivity contribution in [2.75, 3.05) is 4.90 Å². The van der Waals surface area contributed by atoms with Crippen molar-refractivity contribution in [2.45, 2.75) is 19.0 Å². The third-order valence-corrected chi connectivity index (χ3v) is 4.44. The van der Waals surface area contributed by atoms with Crippen LogP contribution >= 0.6 is 23.2 Å². The van der Waals surface area contributed by atoms with Crippen LogP contribution in [0.15, 0.2) is 48.5 Å². The Balaban J connectivity index is 1.69. The third-order valence-electron chi connectivity index (χ3n) is 3.70. The predicted octanol–water partition coefficient (Wildman–Crippen LogP) is 3.42. The lowest BCUT2D eigenvalue weighted by Crippen LogP contribution is -2.38. The molecule has 118 valence electrons. The van der Waals surface area contributed by atoms with Gasteiger partial charge in [0.15, 0.2) is 0 Å². The molecule has 2 aromatic rings. The largest absolute Gasteiger partial charge is 0.301 e. The van der Waals surface area contributed by atoms with Gasteiger partial charge in [-0.1, -0.05) is 47.5 Å². The summed E-state index contributed by atoms with van der Waals surface area (Å²) in [5.74, 6) is -0.436. The third kappa shape index (κ3) is 3.39. The highest BCUT2D eigenvalue weighted by atomic mass is 35.5. The van der Waals surface area contributed by atoms with E-state index in [1.54, 1.807) is 36.4 Å². The fourth-order valence-electron chi connectivity index (χ4n) is 2.53. The summed E-state index contributed by atoms with van der Waals surface area (Å²) in [4.78, 5) is 25.8. The van der Waals surface area contributed by atoms with Gasteiger partial charge >= 0.3 is 0 Å². The molecule has 1 aliphatic heterocycles. The van der Waals surface area contributed by atoms with Crippen LogP contribution in [0.2, 0.25) is 10.0 Å². The highest BCUT2D eigenvalue weighted by Crippen LogP contribution is 2.24. The molecule has 1 N–H and O–H groups in total. The first kappa shape index (κ1) is 16.0. The molecule has 0 aromatic heterocycles. The number of halogens is 2. The number of carbonyl (C=O) groups excluding carboxylic acids is 2. The summed E-state index contributed by atoms with van der Waals surface area (Å²) >= 11 is 11.9. The van der Waals surface area contributed by atoms with E-state index in [9.17, 15) is 9.59 Å². The van der Waals surface area contributed by atoms with E-state index in [2.05, 4.69) is 5.32 Å². The van der Waals surface area contributed by atoms with Gasteiger partial charge in [-0.3, -0.25) is 9.59 Å². The summed E-state index contributed by atoms with van der Waals surface area (Å²) in [6.45, 7) is 0.434. The van der Waals surface area contributed by atoms with Crippen molar-refractivity contribution in [1.82, 2.24) is 5.32 Å². The van der Waals surface area contributed by atoms with Crippen LogP contribution in [-0.4, -0.2) is 17.9 Å². The van der Waals surface area contributed by atoms with Gasteiger partial charge in [0.25, 0.3) is 5.91 Å². The number of hydrogen-bond donors (Lipinski definition) is 1. The van der Waals surface area contributed by atoms with E-state index in [1.807, 2.05) is 12.1 Å². The monoisotopic (exact) mass is 348 g/mol. The normalized spacial score (nSPS) is 17.8. The second kappa shape index (κ2) is 6.71. The van der Waals surface area contributed by atoms with E-state index in [4.69, 9.17) is 23.2 Å². The van der Waals surface area contributed by atoms with Crippen molar-refractivity contribution < 1.29 is 9.59 Å². The molecule has 1 atom stereocenters. The van der Waals surface area contributed by atoms with Gasteiger partial charge in [0.1, 0.15) is 0 Å². The smallest absolute Gasteiger partial charge is 0.251 e. The van der Waals surface area contributed by atoms with Gasteiger partial charge in [-0.05, 0) is 29.8 Å².